The van der Waals surface area contributed by atoms with E-state index in [1.54, 1.807) is 35.1 Å². The van der Waals surface area contributed by atoms with Crippen molar-refractivity contribution in [2.75, 3.05) is 0 Å². The molecule has 3 rings (SSSR count). The first-order valence-electron chi connectivity index (χ1n) is 5.74. The molecule has 0 aliphatic heterocycles. The number of hydrogen-bond acceptors (Lipinski definition) is 3. The predicted octanol–water partition coefficient (Wildman–Crippen LogP) is 4.36. The molecule has 20 heavy (non-hydrogen) atoms. The summed E-state index contributed by atoms with van der Waals surface area (Å²) in [4.78, 5) is 11.2. The van der Waals surface area contributed by atoms with Crippen LogP contribution in [0.4, 0.5) is 0 Å². The first-order chi connectivity index (χ1) is 9.67. The quantitative estimate of drug-likeness (QED) is 0.659. The maximum atomic E-state index is 11.2. The van der Waals surface area contributed by atoms with Gasteiger partial charge in [-0.2, -0.15) is 5.10 Å². The van der Waals surface area contributed by atoms with Gasteiger partial charge in [0.15, 0.2) is 16.7 Å². The second-order valence-electron chi connectivity index (χ2n) is 4.08. The van der Waals surface area contributed by atoms with Crippen molar-refractivity contribution in [3.63, 3.8) is 0 Å². The molecule has 2 aromatic heterocycles. The van der Waals surface area contributed by atoms with E-state index in [1.165, 1.54) is 0 Å². The molecule has 6 heteroatoms. The Bertz CT molecular complexity index is 762. The Kier molecular flexibility index (Phi) is 3.46. The number of carbonyl (C=O) groups excluding carboxylic acids is 1. The Labute approximate surface area is 128 Å². The Morgan fingerprint density at radius 3 is 2.55 bits per heavy atom. The Morgan fingerprint density at radius 1 is 1.20 bits per heavy atom. The Balaban J connectivity index is 2.09. The predicted molar refractivity (Wildman–Crippen MR) is 79.4 cm³/mol. The first kappa shape index (κ1) is 13.1. The second-order valence-corrected chi connectivity index (χ2v) is 5.29. The molecule has 2 heterocycles. The third-order valence-corrected chi connectivity index (χ3v) is 3.45. The maximum absolute atomic E-state index is 11.2. The van der Waals surface area contributed by atoms with Gasteiger partial charge in [0.05, 0.1) is 11.3 Å². The standard InChI is InChI=1S/C14H8BrClN2O2/c15-13-6-5-12(20-13)14-9(8-19)7-18(17-14)11-3-1-10(16)2-4-11/h1-8H. The fraction of sp³-hybridized carbons (Fsp3) is 0. The van der Waals surface area contributed by atoms with Crippen LogP contribution < -0.4 is 0 Å². The van der Waals surface area contributed by atoms with E-state index in [9.17, 15) is 4.79 Å². The third kappa shape index (κ3) is 2.42. The van der Waals surface area contributed by atoms with Crippen LogP contribution in [0.1, 0.15) is 10.4 Å². The summed E-state index contributed by atoms with van der Waals surface area (Å²) in [6.45, 7) is 0. The average Bonchev–Trinajstić information content (AvgIpc) is 3.05. The van der Waals surface area contributed by atoms with Crippen molar-refractivity contribution >= 4 is 33.8 Å². The van der Waals surface area contributed by atoms with Crippen molar-refractivity contribution in [1.82, 2.24) is 9.78 Å². The number of rotatable bonds is 3. The highest BCUT2D eigenvalue weighted by Crippen LogP contribution is 2.27. The molecule has 0 spiro atoms. The summed E-state index contributed by atoms with van der Waals surface area (Å²) in [7, 11) is 0. The van der Waals surface area contributed by atoms with Crippen LogP contribution in [0.5, 0.6) is 0 Å². The molecule has 0 aliphatic rings. The average molecular weight is 352 g/mol. The number of halogens is 2. The Morgan fingerprint density at radius 2 is 1.95 bits per heavy atom. The number of hydrogen-bond donors (Lipinski definition) is 0. The molecular weight excluding hydrogens is 344 g/mol. The topological polar surface area (TPSA) is 48.0 Å². The van der Waals surface area contributed by atoms with Crippen LogP contribution in [0.15, 0.2) is 51.7 Å². The number of furan rings is 1. The molecule has 0 aliphatic carbocycles. The molecule has 0 bridgehead atoms. The summed E-state index contributed by atoms with van der Waals surface area (Å²) < 4.78 is 7.65. The highest BCUT2D eigenvalue weighted by molar-refractivity contribution is 9.10. The van der Waals surface area contributed by atoms with Crippen molar-refractivity contribution in [3.8, 4) is 17.1 Å². The zero-order valence-electron chi connectivity index (χ0n) is 10.1. The van der Waals surface area contributed by atoms with Crippen LogP contribution in [0.3, 0.4) is 0 Å². The highest BCUT2D eigenvalue weighted by atomic mass is 79.9. The number of nitrogens with zero attached hydrogens (tertiary/aromatic N) is 2. The molecule has 100 valence electrons. The van der Waals surface area contributed by atoms with Crippen LogP contribution in [-0.4, -0.2) is 16.1 Å². The van der Waals surface area contributed by atoms with Crippen molar-refractivity contribution in [3.05, 3.63) is 57.9 Å². The van der Waals surface area contributed by atoms with Gasteiger partial charge in [0.1, 0.15) is 5.69 Å². The van der Waals surface area contributed by atoms with E-state index in [4.69, 9.17) is 16.0 Å². The zero-order valence-corrected chi connectivity index (χ0v) is 12.4. The van der Waals surface area contributed by atoms with E-state index in [0.717, 1.165) is 12.0 Å². The van der Waals surface area contributed by atoms with Gasteiger partial charge in [-0.25, -0.2) is 4.68 Å². The fourth-order valence-electron chi connectivity index (χ4n) is 1.83. The van der Waals surface area contributed by atoms with Crippen molar-refractivity contribution in [2.24, 2.45) is 0 Å². The van der Waals surface area contributed by atoms with Gasteiger partial charge in [-0.15, -0.1) is 0 Å². The minimum atomic E-state index is 0.460. The summed E-state index contributed by atoms with van der Waals surface area (Å²) in [6.07, 6.45) is 2.41. The van der Waals surface area contributed by atoms with Crippen molar-refractivity contribution in [2.45, 2.75) is 0 Å². The SMILES string of the molecule is O=Cc1cn(-c2ccc(Cl)cc2)nc1-c1ccc(Br)o1. The minimum Gasteiger partial charge on any atom is -0.448 e. The number of aromatic nitrogens is 2. The molecule has 3 aromatic rings. The van der Waals surface area contributed by atoms with Gasteiger partial charge in [-0.05, 0) is 52.3 Å². The summed E-state index contributed by atoms with van der Waals surface area (Å²) in [5, 5.41) is 5.04. The van der Waals surface area contributed by atoms with Gasteiger partial charge < -0.3 is 4.42 Å². The molecule has 0 atom stereocenters. The lowest BCUT2D eigenvalue weighted by molar-refractivity contribution is 0.112. The van der Waals surface area contributed by atoms with Gasteiger partial charge in [-0.1, -0.05) is 11.6 Å². The van der Waals surface area contributed by atoms with Crippen molar-refractivity contribution < 1.29 is 9.21 Å². The van der Waals surface area contributed by atoms with E-state index >= 15 is 0 Å². The monoisotopic (exact) mass is 350 g/mol. The maximum Gasteiger partial charge on any atom is 0.169 e. The Hall–Kier alpha value is -1.85. The number of aldehydes is 1. The van der Waals surface area contributed by atoms with Crippen LogP contribution in [0.25, 0.3) is 17.1 Å². The summed E-state index contributed by atoms with van der Waals surface area (Å²) in [6, 6.07) is 10.7. The lowest BCUT2D eigenvalue weighted by Crippen LogP contribution is -1.93. The smallest absolute Gasteiger partial charge is 0.169 e. The van der Waals surface area contributed by atoms with Gasteiger partial charge in [0, 0.05) is 11.2 Å². The molecule has 4 nitrogen and oxygen atoms in total. The van der Waals surface area contributed by atoms with E-state index < -0.39 is 0 Å². The van der Waals surface area contributed by atoms with E-state index in [2.05, 4.69) is 21.0 Å². The normalized spacial score (nSPS) is 10.7. The van der Waals surface area contributed by atoms with Crippen LogP contribution in [-0.2, 0) is 0 Å². The van der Waals surface area contributed by atoms with E-state index in [1.807, 2.05) is 12.1 Å². The van der Waals surface area contributed by atoms with Crippen LogP contribution in [0.2, 0.25) is 5.02 Å². The molecule has 0 fully saturated rings. The lowest BCUT2D eigenvalue weighted by atomic mass is 10.2. The summed E-state index contributed by atoms with van der Waals surface area (Å²) in [5.74, 6) is 0.534. The van der Waals surface area contributed by atoms with Gasteiger partial charge in [0.2, 0.25) is 0 Å². The molecule has 0 saturated heterocycles. The summed E-state index contributed by atoms with van der Waals surface area (Å²) >= 11 is 9.09. The molecular formula is C14H8BrClN2O2. The second kappa shape index (κ2) is 5.26. The summed E-state index contributed by atoms with van der Waals surface area (Å²) in [5.41, 5.74) is 1.77. The fourth-order valence-corrected chi connectivity index (χ4v) is 2.27. The molecule has 0 unspecified atom stereocenters. The number of benzene rings is 1. The minimum absolute atomic E-state index is 0.460. The third-order valence-electron chi connectivity index (χ3n) is 2.77. The number of carbonyl (C=O) groups is 1. The van der Waals surface area contributed by atoms with E-state index in [0.29, 0.717) is 26.7 Å². The molecule has 0 amide bonds. The van der Waals surface area contributed by atoms with Gasteiger partial charge in [0.25, 0.3) is 0 Å². The van der Waals surface area contributed by atoms with Crippen molar-refractivity contribution in [1.29, 1.82) is 0 Å². The lowest BCUT2D eigenvalue weighted by Gasteiger charge is -2.00. The van der Waals surface area contributed by atoms with E-state index in [-0.39, 0.29) is 0 Å². The molecule has 0 N–H and O–H groups in total. The highest BCUT2D eigenvalue weighted by Gasteiger charge is 2.14. The van der Waals surface area contributed by atoms with Gasteiger partial charge >= 0.3 is 0 Å². The zero-order chi connectivity index (χ0) is 14.1. The van der Waals surface area contributed by atoms with Crippen LogP contribution in [0, 0.1) is 0 Å². The molecule has 0 saturated carbocycles. The molecule has 0 radical (unpaired) electrons. The van der Waals surface area contributed by atoms with Crippen LogP contribution >= 0.6 is 27.5 Å². The van der Waals surface area contributed by atoms with Gasteiger partial charge in [-0.3, -0.25) is 4.79 Å². The molecule has 1 aromatic carbocycles. The first-order valence-corrected chi connectivity index (χ1v) is 6.91. The largest absolute Gasteiger partial charge is 0.448 e.